The summed E-state index contributed by atoms with van der Waals surface area (Å²) in [7, 11) is 0. The Morgan fingerprint density at radius 2 is 2.31 bits per heavy atom. The van der Waals surface area contributed by atoms with Gasteiger partial charge in [-0.3, -0.25) is 0 Å². The minimum absolute atomic E-state index is 0.453. The van der Waals surface area contributed by atoms with E-state index < -0.39 is 0 Å². The van der Waals surface area contributed by atoms with Crippen LogP contribution in [0.2, 0.25) is 0 Å². The molecule has 2 bridgehead atoms. The molecule has 1 saturated carbocycles. The fourth-order valence-corrected chi connectivity index (χ4v) is 3.91. The summed E-state index contributed by atoms with van der Waals surface area (Å²) in [5.74, 6) is 1.61. The first kappa shape index (κ1) is 7.74. The van der Waals surface area contributed by atoms with Crippen molar-refractivity contribution in [3.63, 3.8) is 0 Å². The van der Waals surface area contributed by atoms with Crippen LogP contribution in [0.4, 0.5) is 0 Å². The van der Waals surface area contributed by atoms with E-state index in [0.717, 1.165) is 22.5 Å². The molecule has 1 aliphatic carbocycles. The molecule has 0 aromatic carbocycles. The van der Waals surface area contributed by atoms with Crippen molar-refractivity contribution in [2.75, 3.05) is 0 Å². The zero-order valence-electron chi connectivity index (χ0n) is 8.57. The molecular formula is C11H17N2+. The van der Waals surface area contributed by atoms with Crippen molar-refractivity contribution in [2.24, 2.45) is 16.9 Å². The van der Waals surface area contributed by atoms with Gasteiger partial charge in [0.2, 0.25) is 0 Å². The van der Waals surface area contributed by atoms with E-state index in [2.05, 4.69) is 38.1 Å². The minimum atomic E-state index is 0.453. The third-order valence-corrected chi connectivity index (χ3v) is 4.73. The number of allylic oxidation sites excluding steroid dienone is 1. The molecule has 13 heavy (non-hydrogen) atoms. The molecular weight excluding hydrogens is 160 g/mol. The van der Waals surface area contributed by atoms with Crippen molar-refractivity contribution in [2.45, 2.75) is 38.8 Å². The van der Waals surface area contributed by atoms with Crippen molar-refractivity contribution in [3.05, 3.63) is 12.3 Å². The molecule has 0 N–H and O–H groups in total. The largest absolute Gasteiger partial charge is 0.163 e. The van der Waals surface area contributed by atoms with Crippen LogP contribution in [0.25, 0.3) is 0 Å². The molecule has 0 aromatic rings. The van der Waals surface area contributed by atoms with Gasteiger partial charge in [0.05, 0.1) is 18.6 Å². The van der Waals surface area contributed by atoms with E-state index >= 15 is 0 Å². The maximum Gasteiger partial charge on any atom is 0.145 e. The third kappa shape index (κ3) is 0.507. The average Bonchev–Trinajstić information content (AvgIpc) is 2.50. The lowest BCUT2D eigenvalue weighted by atomic mass is 9.47. The normalized spacial score (nSPS) is 55.7. The number of rotatable bonds is 1. The molecule has 4 atom stereocenters. The summed E-state index contributed by atoms with van der Waals surface area (Å²) in [5, 5.41) is 4.65. The van der Waals surface area contributed by atoms with E-state index in [4.69, 9.17) is 0 Å². The van der Waals surface area contributed by atoms with E-state index in [0.29, 0.717) is 5.54 Å². The first-order valence-electron chi connectivity index (χ1n) is 5.27. The molecule has 0 aromatic heterocycles. The highest BCUT2D eigenvalue weighted by Crippen LogP contribution is 2.69. The summed E-state index contributed by atoms with van der Waals surface area (Å²) >= 11 is 0. The summed E-state index contributed by atoms with van der Waals surface area (Å²) in [5.41, 5.74) is 0.453. The first-order chi connectivity index (χ1) is 6.15. The van der Waals surface area contributed by atoms with E-state index in [1.165, 1.54) is 6.42 Å². The second kappa shape index (κ2) is 1.90. The van der Waals surface area contributed by atoms with Gasteiger partial charge in [0, 0.05) is 12.0 Å². The molecule has 0 radical (unpaired) electrons. The number of hydrogen-bond donors (Lipinski definition) is 0. The van der Waals surface area contributed by atoms with Crippen molar-refractivity contribution in [3.8, 4) is 0 Å². The fourth-order valence-electron chi connectivity index (χ4n) is 3.91. The van der Waals surface area contributed by atoms with Crippen LogP contribution in [-0.2, 0) is 0 Å². The smallest absolute Gasteiger partial charge is 0.145 e. The lowest BCUT2D eigenvalue weighted by Gasteiger charge is -2.75. The Hall–Kier alpha value is -0.630. The van der Waals surface area contributed by atoms with E-state index in [-0.39, 0.29) is 0 Å². The molecule has 4 rings (SSSR count). The van der Waals surface area contributed by atoms with Gasteiger partial charge in [-0.25, -0.2) is 0 Å². The van der Waals surface area contributed by atoms with Crippen LogP contribution in [0.5, 0.6) is 0 Å². The predicted octanol–water partition coefficient (Wildman–Crippen LogP) is 2.13. The SMILES string of the molecule is CC(C)C12CC(C1C)[N+]21C=CC=N1. The topological polar surface area (TPSA) is 12.4 Å². The third-order valence-electron chi connectivity index (χ3n) is 4.73. The van der Waals surface area contributed by atoms with E-state index in [9.17, 15) is 0 Å². The molecule has 2 nitrogen and oxygen atoms in total. The van der Waals surface area contributed by atoms with Crippen molar-refractivity contribution in [1.82, 2.24) is 0 Å². The molecule has 70 valence electrons. The van der Waals surface area contributed by atoms with Crippen LogP contribution >= 0.6 is 0 Å². The van der Waals surface area contributed by atoms with Gasteiger partial charge in [0.1, 0.15) is 17.8 Å². The highest BCUT2D eigenvalue weighted by Gasteiger charge is 2.85. The minimum Gasteiger partial charge on any atom is -0.163 e. The molecule has 1 spiro atoms. The van der Waals surface area contributed by atoms with Gasteiger partial charge in [-0.15, -0.1) is 0 Å². The molecule has 2 saturated heterocycles. The number of hydrogen-bond acceptors (Lipinski definition) is 1. The highest BCUT2D eigenvalue weighted by molar-refractivity contribution is 5.71. The maximum atomic E-state index is 4.65. The molecule has 0 amide bonds. The monoisotopic (exact) mass is 177 g/mol. The summed E-state index contributed by atoms with van der Waals surface area (Å²) < 4.78 is 0.936. The lowest BCUT2D eigenvalue weighted by Crippen LogP contribution is -2.92. The van der Waals surface area contributed by atoms with E-state index in [1.807, 2.05) is 6.21 Å². The zero-order chi connectivity index (χ0) is 9.27. The Bertz CT molecular complexity index is 297. The van der Waals surface area contributed by atoms with Crippen LogP contribution < -0.4 is 0 Å². The summed E-state index contributed by atoms with van der Waals surface area (Å²) in [6.07, 6.45) is 7.74. The molecule has 4 unspecified atom stereocenters. The summed E-state index contributed by atoms with van der Waals surface area (Å²) in [6.45, 7) is 7.07. The Kier molecular flexibility index (Phi) is 1.13. The zero-order valence-corrected chi connectivity index (χ0v) is 8.57. The Balaban J connectivity index is 2.04. The highest BCUT2D eigenvalue weighted by atomic mass is 15.7. The standard InChI is InChI=1S/C11H17N2/c1-8(2)11-7-10(9(11)3)13(11)6-4-5-12-13/h4-6,8-10H,7H2,1-3H3/q+1. The van der Waals surface area contributed by atoms with Crippen LogP contribution in [0.15, 0.2) is 17.4 Å². The van der Waals surface area contributed by atoms with Gasteiger partial charge >= 0.3 is 0 Å². The van der Waals surface area contributed by atoms with Crippen LogP contribution in [0.3, 0.4) is 0 Å². The van der Waals surface area contributed by atoms with Crippen molar-refractivity contribution in [1.29, 1.82) is 0 Å². The van der Waals surface area contributed by atoms with Crippen LogP contribution in [0, 0.1) is 11.8 Å². The molecule has 2 heteroatoms. The summed E-state index contributed by atoms with van der Waals surface area (Å²) in [4.78, 5) is 0. The Labute approximate surface area is 79.5 Å². The van der Waals surface area contributed by atoms with Crippen molar-refractivity contribution >= 4 is 6.21 Å². The quantitative estimate of drug-likeness (QED) is 0.544. The number of nitrogens with zero attached hydrogens (tertiary/aromatic N) is 2. The second-order valence-corrected chi connectivity index (χ2v) is 5.05. The molecule has 3 aliphatic heterocycles. The molecule has 4 aliphatic rings. The van der Waals surface area contributed by atoms with Gasteiger partial charge < -0.3 is 0 Å². The molecule has 3 heterocycles. The van der Waals surface area contributed by atoms with E-state index in [1.54, 1.807) is 0 Å². The Morgan fingerprint density at radius 3 is 2.69 bits per heavy atom. The van der Waals surface area contributed by atoms with Gasteiger partial charge in [0.15, 0.2) is 0 Å². The van der Waals surface area contributed by atoms with Crippen LogP contribution in [0.1, 0.15) is 27.2 Å². The molecule has 3 fully saturated rings. The van der Waals surface area contributed by atoms with Gasteiger partial charge in [-0.2, -0.15) is 4.59 Å². The summed E-state index contributed by atoms with van der Waals surface area (Å²) in [6, 6.07) is 0.789. The number of quaternary nitrogens is 1. The maximum absolute atomic E-state index is 4.65. The lowest BCUT2D eigenvalue weighted by molar-refractivity contribution is -1.07. The first-order valence-corrected chi connectivity index (χ1v) is 5.27. The van der Waals surface area contributed by atoms with Gasteiger partial charge in [0.25, 0.3) is 0 Å². The van der Waals surface area contributed by atoms with Crippen molar-refractivity contribution < 1.29 is 4.59 Å². The fraction of sp³-hybridized carbons (Fsp3) is 0.727. The van der Waals surface area contributed by atoms with Gasteiger partial charge in [-0.1, -0.05) is 25.9 Å². The Morgan fingerprint density at radius 1 is 1.54 bits per heavy atom. The predicted molar refractivity (Wildman–Crippen MR) is 53.0 cm³/mol. The van der Waals surface area contributed by atoms with Gasteiger partial charge in [-0.05, 0) is 0 Å². The average molecular weight is 177 g/mol. The van der Waals surface area contributed by atoms with Crippen LogP contribution in [-0.4, -0.2) is 22.4 Å². The second-order valence-electron chi connectivity index (χ2n) is 5.05.